The summed E-state index contributed by atoms with van der Waals surface area (Å²) in [4.78, 5) is 24.8. The first-order valence-corrected chi connectivity index (χ1v) is 5.69. The number of nitrogens with one attached hydrogen (secondary N) is 1. The van der Waals surface area contributed by atoms with Crippen LogP contribution >= 0.6 is 0 Å². The van der Waals surface area contributed by atoms with Gasteiger partial charge in [0, 0.05) is 31.1 Å². The molecule has 2 heterocycles. The predicted molar refractivity (Wildman–Crippen MR) is 62.9 cm³/mol. The molecule has 1 fully saturated rings. The molecule has 2 atom stereocenters. The molecule has 5 nitrogen and oxygen atoms in total. The zero-order valence-corrected chi connectivity index (χ0v) is 9.77. The topological polar surface area (TPSA) is 61.8 Å². The highest BCUT2D eigenvalue weighted by atomic mass is 16.2. The van der Waals surface area contributed by atoms with Gasteiger partial charge in [0.05, 0.1) is 5.92 Å². The molecule has 2 unspecified atom stereocenters. The molecular formula is C12H15N3O2. The summed E-state index contributed by atoms with van der Waals surface area (Å²) in [7, 11) is 0. The summed E-state index contributed by atoms with van der Waals surface area (Å²) in [5, 5.41) is 3.88. The summed E-state index contributed by atoms with van der Waals surface area (Å²) in [5.41, 5.74) is 3.23. The Morgan fingerprint density at radius 3 is 2.88 bits per heavy atom. The number of nitrogens with zero attached hydrogens (tertiary/aromatic N) is 2. The Morgan fingerprint density at radius 2 is 2.35 bits per heavy atom. The third-order valence-electron chi connectivity index (χ3n) is 3.30. The summed E-state index contributed by atoms with van der Waals surface area (Å²) in [6.07, 6.45) is 6.35. The molecule has 0 spiro atoms. The number of carbonyl (C=O) groups is 2. The van der Waals surface area contributed by atoms with Crippen LogP contribution in [0.1, 0.15) is 19.8 Å². The van der Waals surface area contributed by atoms with Crippen LogP contribution in [0.25, 0.3) is 0 Å². The summed E-state index contributed by atoms with van der Waals surface area (Å²) >= 11 is 0. The molecule has 1 saturated heterocycles. The van der Waals surface area contributed by atoms with Crippen molar-refractivity contribution in [3.63, 3.8) is 0 Å². The van der Waals surface area contributed by atoms with E-state index >= 15 is 0 Å². The Morgan fingerprint density at radius 1 is 1.59 bits per heavy atom. The smallest absolute Gasteiger partial charge is 0.248 e. The fourth-order valence-electron chi connectivity index (χ4n) is 2.21. The van der Waals surface area contributed by atoms with Crippen LogP contribution in [0.15, 0.2) is 5.10 Å². The SMILES string of the molecule is C#CC1CC(=O)N(CCC2C(=O)NN=C2C)C1. The van der Waals surface area contributed by atoms with E-state index in [9.17, 15) is 9.59 Å². The number of hydrazone groups is 1. The van der Waals surface area contributed by atoms with Crippen molar-refractivity contribution in [3.05, 3.63) is 0 Å². The molecule has 2 amide bonds. The Bertz CT molecular complexity index is 422. The Balaban J connectivity index is 1.87. The van der Waals surface area contributed by atoms with Crippen LogP contribution in [0.4, 0.5) is 0 Å². The van der Waals surface area contributed by atoms with Crippen molar-refractivity contribution >= 4 is 17.5 Å². The van der Waals surface area contributed by atoms with E-state index < -0.39 is 0 Å². The van der Waals surface area contributed by atoms with E-state index in [1.807, 2.05) is 6.92 Å². The molecule has 1 N–H and O–H groups in total. The van der Waals surface area contributed by atoms with Crippen molar-refractivity contribution in [1.29, 1.82) is 0 Å². The number of hydrogen-bond acceptors (Lipinski definition) is 3. The first-order chi connectivity index (χ1) is 8.11. The molecule has 17 heavy (non-hydrogen) atoms. The average molecular weight is 233 g/mol. The minimum atomic E-state index is -0.201. The molecule has 0 aromatic heterocycles. The van der Waals surface area contributed by atoms with Crippen molar-refractivity contribution in [2.45, 2.75) is 19.8 Å². The average Bonchev–Trinajstić information content (AvgIpc) is 2.81. The van der Waals surface area contributed by atoms with E-state index in [1.165, 1.54) is 0 Å². The molecule has 2 aliphatic rings. The molecule has 0 bridgehead atoms. The standard InChI is InChI=1S/C12H15N3O2/c1-3-9-6-11(16)15(7-9)5-4-10-8(2)13-14-12(10)17/h1,9-10H,4-7H2,2H3,(H,14,17). The number of carbonyl (C=O) groups excluding carboxylic acids is 2. The fourth-order valence-corrected chi connectivity index (χ4v) is 2.21. The van der Waals surface area contributed by atoms with Gasteiger partial charge in [-0.25, -0.2) is 5.43 Å². The van der Waals surface area contributed by atoms with Gasteiger partial charge < -0.3 is 4.90 Å². The lowest BCUT2D eigenvalue weighted by atomic mass is 10.0. The first kappa shape index (κ1) is 11.6. The number of likely N-dealkylation sites (tertiary alicyclic amines) is 1. The summed E-state index contributed by atoms with van der Waals surface area (Å²) in [6, 6.07) is 0. The van der Waals surface area contributed by atoms with Crippen molar-refractivity contribution < 1.29 is 9.59 Å². The third-order valence-corrected chi connectivity index (χ3v) is 3.30. The predicted octanol–water partition coefficient (Wildman–Crippen LogP) is -0.0199. The van der Waals surface area contributed by atoms with Crippen LogP contribution < -0.4 is 5.43 Å². The number of amides is 2. The van der Waals surface area contributed by atoms with Crippen LogP contribution in [-0.2, 0) is 9.59 Å². The highest BCUT2D eigenvalue weighted by molar-refractivity contribution is 6.06. The van der Waals surface area contributed by atoms with Crippen LogP contribution in [0.2, 0.25) is 0 Å². The molecule has 0 saturated carbocycles. The van der Waals surface area contributed by atoms with Crippen LogP contribution in [0, 0.1) is 24.2 Å². The van der Waals surface area contributed by atoms with E-state index in [4.69, 9.17) is 6.42 Å². The molecular weight excluding hydrogens is 218 g/mol. The Labute approximate surface area is 100 Å². The minimum Gasteiger partial charge on any atom is -0.341 e. The maximum Gasteiger partial charge on any atom is 0.248 e. The van der Waals surface area contributed by atoms with Gasteiger partial charge in [0.2, 0.25) is 11.8 Å². The first-order valence-electron chi connectivity index (χ1n) is 5.69. The van der Waals surface area contributed by atoms with Crippen molar-refractivity contribution in [2.75, 3.05) is 13.1 Å². The van der Waals surface area contributed by atoms with Gasteiger partial charge in [0.25, 0.3) is 0 Å². The highest BCUT2D eigenvalue weighted by Crippen LogP contribution is 2.19. The van der Waals surface area contributed by atoms with E-state index in [-0.39, 0.29) is 23.7 Å². The molecule has 2 rings (SSSR count). The maximum atomic E-state index is 11.6. The third kappa shape index (κ3) is 2.31. The van der Waals surface area contributed by atoms with Gasteiger partial charge in [-0.1, -0.05) is 0 Å². The van der Waals surface area contributed by atoms with E-state index in [0.29, 0.717) is 25.9 Å². The van der Waals surface area contributed by atoms with Crippen molar-refractivity contribution in [2.24, 2.45) is 16.9 Å². The van der Waals surface area contributed by atoms with Crippen LogP contribution in [0.5, 0.6) is 0 Å². The van der Waals surface area contributed by atoms with Gasteiger partial charge in [-0.15, -0.1) is 12.3 Å². The quantitative estimate of drug-likeness (QED) is 0.696. The molecule has 0 aliphatic carbocycles. The van der Waals surface area contributed by atoms with E-state index in [0.717, 1.165) is 5.71 Å². The highest BCUT2D eigenvalue weighted by Gasteiger charge is 2.31. The largest absolute Gasteiger partial charge is 0.341 e. The summed E-state index contributed by atoms with van der Waals surface area (Å²) in [5.74, 6) is 2.43. The summed E-state index contributed by atoms with van der Waals surface area (Å²) < 4.78 is 0. The second-order valence-corrected chi connectivity index (χ2v) is 4.48. The minimum absolute atomic E-state index is 0.0228. The van der Waals surface area contributed by atoms with Crippen LogP contribution in [-0.4, -0.2) is 35.5 Å². The Hall–Kier alpha value is -1.83. The zero-order chi connectivity index (χ0) is 12.4. The van der Waals surface area contributed by atoms with E-state index in [2.05, 4.69) is 16.4 Å². The van der Waals surface area contributed by atoms with Crippen LogP contribution in [0.3, 0.4) is 0 Å². The molecule has 0 aromatic rings. The second-order valence-electron chi connectivity index (χ2n) is 4.48. The summed E-state index contributed by atoms with van der Waals surface area (Å²) in [6.45, 7) is 3.00. The van der Waals surface area contributed by atoms with Crippen molar-refractivity contribution in [1.82, 2.24) is 10.3 Å². The van der Waals surface area contributed by atoms with Gasteiger partial charge in [-0.05, 0) is 13.3 Å². The fraction of sp³-hybridized carbons (Fsp3) is 0.583. The number of hydrogen-bond donors (Lipinski definition) is 1. The van der Waals surface area contributed by atoms with Gasteiger partial charge in [-0.2, -0.15) is 5.10 Å². The normalized spacial score (nSPS) is 28.0. The molecule has 0 aromatic carbocycles. The lowest BCUT2D eigenvalue weighted by molar-refractivity contribution is -0.128. The van der Waals surface area contributed by atoms with E-state index in [1.54, 1.807) is 4.90 Å². The van der Waals surface area contributed by atoms with Gasteiger partial charge >= 0.3 is 0 Å². The van der Waals surface area contributed by atoms with Gasteiger partial charge in [-0.3, -0.25) is 9.59 Å². The zero-order valence-electron chi connectivity index (χ0n) is 9.77. The van der Waals surface area contributed by atoms with Gasteiger partial charge in [0.1, 0.15) is 0 Å². The number of rotatable bonds is 3. The maximum absolute atomic E-state index is 11.6. The lowest BCUT2D eigenvalue weighted by Crippen LogP contribution is -2.31. The monoisotopic (exact) mass is 233 g/mol. The number of terminal acetylenes is 1. The molecule has 5 heteroatoms. The molecule has 2 aliphatic heterocycles. The van der Waals surface area contributed by atoms with Gasteiger partial charge in [0.15, 0.2) is 0 Å². The molecule has 90 valence electrons. The second kappa shape index (κ2) is 4.58. The Kier molecular flexibility index (Phi) is 3.14. The van der Waals surface area contributed by atoms with Crippen molar-refractivity contribution in [3.8, 4) is 12.3 Å². The lowest BCUT2D eigenvalue weighted by Gasteiger charge is -2.17. The molecule has 0 radical (unpaired) electrons.